The second-order valence-corrected chi connectivity index (χ2v) is 8.86. The van der Waals surface area contributed by atoms with Crippen LogP contribution in [0.2, 0.25) is 0 Å². The maximum atomic E-state index is 14.4. The molecule has 1 aliphatic rings. The minimum Gasteiger partial charge on any atom is -0.452 e. The van der Waals surface area contributed by atoms with E-state index in [0.29, 0.717) is 18.4 Å². The van der Waals surface area contributed by atoms with Crippen LogP contribution in [0.25, 0.3) is 10.9 Å². The zero-order valence-corrected chi connectivity index (χ0v) is 16.1. The number of sulfonamides is 1. The highest BCUT2D eigenvalue weighted by atomic mass is 32.2. The molecule has 1 aromatic heterocycles. The molecule has 1 saturated carbocycles. The summed E-state index contributed by atoms with van der Waals surface area (Å²) >= 11 is 0. The number of aromatic amines is 1. The van der Waals surface area contributed by atoms with E-state index in [1.165, 1.54) is 24.5 Å². The van der Waals surface area contributed by atoms with Crippen molar-refractivity contribution < 1.29 is 17.5 Å². The predicted molar refractivity (Wildman–Crippen MR) is 108 cm³/mol. The first-order chi connectivity index (χ1) is 13.8. The summed E-state index contributed by atoms with van der Waals surface area (Å²) in [5.74, 6) is -0.916. The van der Waals surface area contributed by atoms with Crippen LogP contribution >= 0.6 is 0 Å². The van der Waals surface area contributed by atoms with Gasteiger partial charge < -0.3 is 15.5 Å². The van der Waals surface area contributed by atoms with E-state index in [1.54, 1.807) is 6.07 Å². The molecule has 2 aromatic carbocycles. The number of hydrogen-bond donors (Lipinski definition) is 3. The predicted octanol–water partition coefficient (Wildman–Crippen LogP) is 3.12. The molecule has 29 heavy (non-hydrogen) atoms. The molecule has 0 saturated heterocycles. The van der Waals surface area contributed by atoms with Crippen molar-refractivity contribution >= 4 is 32.3 Å². The first kappa shape index (κ1) is 19.2. The van der Waals surface area contributed by atoms with Crippen molar-refractivity contribution in [3.05, 3.63) is 52.8 Å². The molecule has 0 atom stereocenters. The highest BCUT2D eigenvalue weighted by molar-refractivity contribution is 7.93. The van der Waals surface area contributed by atoms with Gasteiger partial charge in [-0.25, -0.2) is 17.8 Å². The van der Waals surface area contributed by atoms with Gasteiger partial charge in [-0.15, -0.1) is 0 Å². The average molecular weight is 418 g/mol. The number of fused-ring (bicyclic) bond motifs is 1. The van der Waals surface area contributed by atoms with E-state index in [9.17, 15) is 17.6 Å². The topological polar surface area (TPSA) is 127 Å². The fourth-order valence-electron chi connectivity index (χ4n) is 3.43. The summed E-state index contributed by atoms with van der Waals surface area (Å²) in [5, 5.41) is -0.224. The van der Waals surface area contributed by atoms with E-state index in [4.69, 9.17) is 10.5 Å². The molecule has 0 unspecified atom stereocenters. The van der Waals surface area contributed by atoms with E-state index in [1.807, 2.05) is 0 Å². The Bertz CT molecular complexity index is 1240. The van der Waals surface area contributed by atoms with Crippen LogP contribution in [0, 0.1) is 5.82 Å². The smallest absolute Gasteiger partial charge is 0.258 e. The first-order valence-electron chi connectivity index (χ1n) is 9.10. The first-order valence-corrected chi connectivity index (χ1v) is 10.6. The molecule has 1 aliphatic carbocycles. The molecule has 0 radical (unpaired) electrons. The fourth-order valence-corrected chi connectivity index (χ4v) is 5.04. The average Bonchev–Trinajstić information content (AvgIpc) is 3.24. The van der Waals surface area contributed by atoms with Crippen molar-refractivity contribution in [3.8, 4) is 11.5 Å². The van der Waals surface area contributed by atoms with Crippen LogP contribution in [0.15, 0.2) is 41.5 Å². The van der Waals surface area contributed by atoms with Crippen LogP contribution in [0.3, 0.4) is 0 Å². The number of benzene rings is 2. The van der Waals surface area contributed by atoms with Gasteiger partial charge in [0, 0.05) is 0 Å². The Morgan fingerprint density at radius 2 is 1.97 bits per heavy atom. The number of nitrogen functional groups attached to an aromatic ring is 1. The number of H-pyrrole nitrogens is 1. The van der Waals surface area contributed by atoms with Crippen molar-refractivity contribution in [2.24, 2.45) is 0 Å². The minimum absolute atomic E-state index is 0.0496. The summed E-state index contributed by atoms with van der Waals surface area (Å²) in [6, 6.07) is 6.83. The van der Waals surface area contributed by atoms with E-state index in [0.717, 1.165) is 18.9 Å². The van der Waals surface area contributed by atoms with Gasteiger partial charge in [-0.3, -0.25) is 9.52 Å². The van der Waals surface area contributed by atoms with Gasteiger partial charge in [0.2, 0.25) is 10.0 Å². The molecule has 0 bridgehead atoms. The molecular weight excluding hydrogens is 399 g/mol. The van der Waals surface area contributed by atoms with E-state index in [-0.39, 0.29) is 33.8 Å². The van der Waals surface area contributed by atoms with Crippen molar-refractivity contribution in [1.29, 1.82) is 0 Å². The molecule has 0 amide bonds. The summed E-state index contributed by atoms with van der Waals surface area (Å²) in [6.45, 7) is 0. The number of ether oxygens (including phenoxy) is 1. The zero-order valence-electron chi connectivity index (χ0n) is 15.3. The maximum Gasteiger partial charge on any atom is 0.258 e. The lowest BCUT2D eigenvalue weighted by Crippen LogP contribution is -2.25. The molecule has 1 heterocycles. The Hall–Kier alpha value is -3.14. The van der Waals surface area contributed by atoms with Crippen molar-refractivity contribution in [3.63, 3.8) is 0 Å². The zero-order chi connectivity index (χ0) is 20.6. The van der Waals surface area contributed by atoms with Gasteiger partial charge in [0.05, 0.1) is 28.2 Å². The van der Waals surface area contributed by atoms with Crippen molar-refractivity contribution in [2.45, 2.75) is 30.9 Å². The standard InChI is InChI=1S/C19H19FN4O4S/c20-14-6-8-16(24-29(26,27)12-3-1-2-4-12)17(21)18(14)28-11-5-7-15-13(9-11)19(25)23-10-22-15/h5-10,12,24H,1-4,21H2,(H,22,23,25). The number of rotatable bonds is 5. The molecule has 4 rings (SSSR count). The largest absolute Gasteiger partial charge is 0.452 e. The maximum absolute atomic E-state index is 14.4. The minimum atomic E-state index is -3.63. The number of nitrogens with zero attached hydrogens (tertiary/aromatic N) is 1. The Morgan fingerprint density at radius 1 is 1.21 bits per heavy atom. The Kier molecular flexibility index (Phi) is 4.87. The third-order valence-electron chi connectivity index (χ3n) is 4.97. The normalized spacial score (nSPS) is 14.9. The van der Waals surface area contributed by atoms with Crippen LogP contribution in [0.4, 0.5) is 15.8 Å². The second-order valence-electron chi connectivity index (χ2n) is 6.90. The summed E-state index contributed by atoms with van der Waals surface area (Å²) in [5.41, 5.74) is 5.97. The fraction of sp³-hybridized carbons (Fsp3) is 0.263. The SMILES string of the molecule is Nc1c(NS(=O)(=O)C2CCCC2)ccc(F)c1Oc1ccc2nc[nH]c(=O)c2c1. The van der Waals surface area contributed by atoms with Gasteiger partial charge in [0.1, 0.15) is 11.4 Å². The molecule has 10 heteroatoms. The lowest BCUT2D eigenvalue weighted by Gasteiger charge is -2.17. The molecule has 3 aromatic rings. The number of nitrogens with two attached hydrogens (primary N) is 1. The van der Waals surface area contributed by atoms with Gasteiger partial charge in [0.15, 0.2) is 11.6 Å². The highest BCUT2D eigenvalue weighted by Gasteiger charge is 2.29. The van der Waals surface area contributed by atoms with Crippen molar-refractivity contribution in [1.82, 2.24) is 9.97 Å². The number of hydrogen-bond acceptors (Lipinski definition) is 6. The van der Waals surface area contributed by atoms with Gasteiger partial charge in [-0.1, -0.05) is 12.8 Å². The van der Waals surface area contributed by atoms with Gasteiger partial charge in [-0.05, 0) is 43.2 Å². The number of halogens is 1. The Morgan fingerprint density at radius 3 is 2.72 bits per heavy atom. The molecule has 0 aliphatic heterocycles. The van der Waals surface area contributed by atoms with Crippen molar-refractivity contribution in [2.75, 3.05) is 10.5 Å². The van der Waals surface area contributed by atoms with Crippen LogP contribution in [0.5, 0.6) is 11.5 Å². The lowest BCUT2D eigenvalue weighted by atomic mass is 10.2. The third kappa shape index (κ3) is 3.75. The van der Waals surface area contributed by atoms with E-state index in [2.05, 4.69) is 14.7 Å². The van der Waals surface area contributed by atoms with Crippen LogP contribution in [-0.4, -0.2) is 23.6 Å². The van der Waals surface area contributed by atoms with E-state index >= 15 is 0 Å². The Balaban J connectivity index is 1.67. The summed E-state index contributed by atoms with van der Waals surface area (Å²) in [6.07, 6.45) is 4.16. The number of nitrogens with one attached hydrogen (secondary N) is 2. The molecule has 152 valence electrons. The third-order valence-corrected chi connectivity index (χ3v) is 6.83. The second kappa shape index (κ2) is 7.36. The molecule has 1 fully saturated rings. The molecule has 4 N–H and O–H groups in total. The van der Waals surface area contributed by atoms with Crippen LogP contribution in [0.1, 0.15) is 25.7 Å². The summed E-state index contributed by atoms with van der Waals surface area (Å²) in [4.78, 5) is 18.4. The van der Waals surface area contributed by atoms with Crippen LogP contribution < -0.4 is 20.8 Å². The Labute approximate surface area is 166 Å². The molecule has 0 spiro atoms. The van der Waals surface area contributed by atoms with E-state index < -0.39 is 21.1 Å². The van der Waals surface area contributed by atoms with Gasteiger partial charge in [0.25, 0.3) is 5.56 Å². The lowest BCUT2D eigenvalue weighted by molar-refractivity contribution is 0.445. The summed E-state index contributed by atoms with van der Waals surface area (Å²) in [7, 11) is -3.63. The number of aromatic nitrogens is 2. The van der Waals surface area contributed by atoms with Crippen LogP contribution in [-0.2, 0) is 10.0 Å². The number of anilines is 2. The summed E-state index contributed by atoms with van der Waals surface area (Å²) < 4.78 is 47.5. The van der Waals surface area contributed by atoms with Gasteiger partial charge >= 0.3 is 0 Å². The quantitative estimate of drug-likeness (QED) is 0.546. The monoisotopic (exact) mass is 418 g/mol. The highest BCUT2D eigenvalue weighted by Crippen LogP contribution is 2.37. The molecular formula is C19H19FN4O4S. The van der Waals surface area contributed by atoms with Gasteiger partial charge in [-0.2, -0.15) is 0 Å². The molecule has 8 nitrogen and oxygen atoms in total.